The number of carboxylic acid groups (broad SMARTS) is 2. The number of anilines is 2. The lowest BCUT2D eigenvalue weighted by Crippen LogP contribution is -2.71. The molecule has 3 aliphatic heterocycles. The molecule has 0 saturated carbocycles. The summed E-state index contributed by atoms with van der Waals surface area (Å²) in [5.74, 6) is -4.69. The summed E-state index contributed by atoms with van der Waals surface area (Å²) in [6.07, 6.45) is -0.0606. The van der Waals surface area contributed by atoms with Crippen LogP contribution in [-0.4, -0.2) is 85.1 Å². The topological polar surface area (TPSA) is 243 Å². The Hall–Kier alpha value is -7.57. The zero-order valence-electron chi connectivity index (χ0n) is 34.4. The molecule has 1 aromatic heterocycles. The van der Waals surface area contributed by atoms with Gasteiger partial charge in [0.1, 0.15) is 22.8 Å². The summed E-state index contributed by atoms with van der Waals surface area (Å²) in [5, 5.41) is 33.2. The second-order valence-electron chi connectivity index (χ2n) is 15.2. The lowest BCUT2D eigenvalue weighted by molar-refractivity contribution is -0.150. The molecule has 5 aromatic rings. The van der Waals surface area contributed by atoms with Gasteiger partial charge in [0.15, 0.2) is 10.8 Å². The second kappa shape index (κ2) is 19.0. The van der Waals surface area contributed by atoms with E-state index in [9.17, 15) is 33.9 Å². The molecular weight excluding hydrogens is 871 g/mol. The third-order valence-electron chi connectivity index (χ3n) is 11.1. The Morgan fingerprint density at radius 3 is 2.02 bits per heavy atom. The van der Waals surface area contributed by atoms with E-state index in [1.165, 1.54) is 11.8 Å². The molecular formula is C47H41N7O9S2. The van der Waals surface area contributed by atoms with Gasteiger partial charge < -0.3 is 36.7 Å². The summed E-state index contributed by atoms with van der Waals surface area (Å²) < 4.78 is 0. The molecule has 4 amide bonds. The van der Waals surface area contributed by atoms with E-state index in [-0.39, 0.29) is 53.2 Å². The number of aromatic nitrogens is 1. The first-order valence-electron chi connectivity index (χ1n) is 20.4. The number of hydrogen-bond acceptors (Lipinski definition) is 12. The summed E-state index contributed by atoms with van der Waals surface area (Å²) in [6, 6.07) is 33.7. The molecule has 2 atom stereocenters. The number of carbonyl (C=O) groups is 6. The highest BCUT2D eigenvalue weighted by Crippen LogP contribution is 2.44. The van der Waals surface area contributed by atoms with Gasteiger partial charge in [0.05, 0.1) is 6.42 Å². The average Bonchev–Trinajstić information content (AvgIpc) is 3.96. The lowest BCUT2D eigenvalue weighted by atomic mass is 9.80. The van der Waals surface area contributed by atoms with Gasteiger partial charge in [-0.2, -0.15) is 0 Å². The maximum Gasteiger partial charge on any atom is 0.352 e. The van der Waals surface area contributed by atoms with E-state index in [0.29, 0.717) is 57.6 Å². The van der Waals surface area contributed by atoms with Gasteiger partial charge in [-0.15, -0.1) is 23.1 Å². The summed E-state index contributed by atoms with van der Waals surface area (Å²) >= 11 is 2.33. The maximum absolute atomic E-state index is 14.4. The van der Waals surface area contributed by atoms with Gasteiger partial charge in [-0.3, -0.25) is 28.9 Å². The molecule has 4 aromatic carbocycles. The molecule has 65 heavy (non-hydrogen) atoms. The summed E-state index contributed by atoms with van der Waals surface area (Å²) in [6.45, 7) is 0.350. The Bertz CT molecular complexity index is 2660. The van der Waals surface area contributed by atoms with Gasteiger partial charge >= 0.3 is 11.9 Å². The zero-order chi connectivity index (χ0) is 45.7. The van der Waals surface area contributed by atoms with Crippen LogP contribution in [0.15, 0.2) is 148 Å². The minimum Gasteiger partial charge on any atom is -0.481 e. The number of carboxylic acids is 2. The number of thioether (sulfide) groups is 1. The molecule has 0 bridgehead atoms. The predicted molar refractivity (Wildman–Crippen MR) is 243 cm³/mol. The van der Waals surface area contributed by atoms with Crippen molar-refractivity contribution in [1.82, 2.24) is 20.5 Å². The fraction of sp³-hybridized carbons (Fsp3) is 0.191. The number of oxime groups is 1. The highest BCUT2D eigenvalue weighted by molar-refractivity contribution is 8.00. The molecule has 18 heteroatoms. The Balaban J connectivity index is 1.09. The van der Waals surface area contributed by atoms with E-state index in [1.807, 2.05) is 91.0 Å². The van der Waals surface area contributed by atoms with Gasteiger partial charge in [0, 0.05) is 52.0 Å². The van der Waals surface area contributed by atoms with Crippen LogP contribution < -0.4 is 21.7 Å². The number of nitrogens with zero attached hydrogens (tertiary/aromatic N) is 3. The summed E-state index contributed by atoms with van der Waals surface area (Å²) in [5.41, 5.74) is 8.61. The monoisotopic (exact) mass is 911 g/mol. The van der Waals surface area contributed by atoms with Gasteiger partial charge in [0.2, 0.25) is 17.4 Å². The van der Waals surface area contributed by atoms with Gasteiger partial charge in [-0.1, -0.05) is 108 Å². The molecule has 330 valence electrons. The average molecular weight is 912 g/mol. The van der Waals surface area contributed by atoms with E-state index in [2.05, 4.69) is 26.1 Å². The van der Waals surface area contributed by atoms with Crippen LogP contribution in [0.4, 0.5) is 10.8 Å². The number of aliphatic carboxylic acids is 2. The quantitative estimate of drug-likeness (QED) is 0.0251. The van der Waals surface area contributed by atoms with Crippen LogP contribution in [0.5, 0.6) is 0 Å². The van der Waals surface area contributed by atoms with Crippen LogP contribution >= 0.6 is 23.1 Å². The van der Waals surface area contributed by atoms with Crippen molar-refractivity contribution in [2.45, 2.75) is 42.7 Å². The molecule has 0 aliphatic carbocycles. The number of thiazole rings is 1. The molecule has 7 N–H and O–H groups in total. The highest BCUT2D eigenvalue weighted by atomic mass is 32.2. The van der Waals surface area contributed by atoms with Crippen molar-refractivity contribution in [3.8, 4) is 0 Å². The predicted octanol–water partition coefficient (Wildman–Crippen LogP) is 5.04. The normalized spacial score (nSPS) is 18.0. The number of nitrogen functional groups attached to an aromatic ring is 1. The third-order valence-corrected chi connectivity index (χ3v) is 13.1. The fourth-order valence-corrected chi connectivity index (χ4v) is 9.94. The van der Waals surface area contributed by atoms with Gasteiger partial charge in [0.25, 0.3) is 11.8 Å². The van der Waals surface area contributed by atoms with Crippen LogP contribution in [0, 0.1) is 0 Å². The van der Waals surface area contributed by atoms with Gasteiger partial charge in [-0.25, -0.2) is 9.78 Å². The SMILES string of the molecule is Nc1nc(C(=NOC(c2ccccc2)(c2ccccc2)c2ccccc2)C(=O)N[C@@H]2C(=O)N3C(C(=O)O)=C(C(Cc4ccc(NC(=O)CCC(=O)O)cc4)=C4CCNC4=O)CS[C@H]23)cs1. The Kier molecular flexibility index (Phi) is 12.9. The van der Waals surface area contributed by atoms with Crippen molar-refractivity contribution in [2.24, 2.45) is 5.16 Å². The Labute approximate surface area is 380 Å². The van der Waals surface area contributed by atoms with E-state index < -0.39 is 46.7 Å². The van der Waals surface area contributed by atoms with Crippen LogP contribution in [0.2, 0.25) is 0 Å². The van der Waals surface area contributed by atoms with E-state index in [0.717, 1.165) is 16.2 Å². The van der Waals surface area contributed by atoms with Crippen LogP contribution in [0.1, 0.15) is 47.2 Å². The molecule has 8 rings (SSSR count). The number of nitrogens with one attached hydrogen (secondary N) is 3. The van der Waals surface area contributed by atoms with Gasteiger partial charge in [-0.05, 0) is 41.7 Å². The van der Waals surface area contributed by atoms with Crippen molar-refractivity contribution >= 4 is 75.2 Å². The van der Waals surface area contributed by atoms with Crippen LogP contribution in [0.3, 0.4) is 0 Å². The van der Waals surface area contributed by atoms with E-state index in [4.69, 9.17) is 15.7 Å². The Morgan fingerprint density at radius 1 is 0.877 bits per heavy atom. The molecule has 16 nitrogen and oxygen atoms in total. The molecule has 2 saturated heterocycles. The third kappa shape index (κ3) is 9.12. The number of allylic oxidation sites excluding steroid dienone is 1. The number of β-lactam (4-membered cyclic amide) rings is 1. The number of fused-ring (bicyclic) bond motifs is 1. The van der Waals surface area contributed by atoms with Crippen molar-refractivity contribution in [3.63, 3.8) is 0 Å². The number of rotatable bonds is 16. The van der Waals surface area contributed by atoms with E-state index >= 15 is 0 Å². The first kappa shape index (κ1) is 44.1. The lowest BCUT2D eigenvalue weighted by Gasteiger charge is -2.49. The second-order valence-corrected chi connectivity index (χ2v) is 17.1. The summed E-state index contributed by atoms with van der Waals surface area (Å²) in [7, 11) is 0. The standard InChI is InChI=1S/C47H41N7O9S2/c48-46-51-35(26-65-46)38(53-63-47(28-10-4-1-5-11-28,29-12-6-2-7-13-29)30-14-8-3-9-15-30)42(59)52-39-43(60)54-40(45(61)62)34(25-64-44(39)54)33(32-22-23-49-41(32)58)24-27-16-18-31(19-17-27)50-36(55)20-21-37(56)57/h1-19,26,39,44H,20-25H2,(H2,48,51)(H,49,58)(H,50,55)(H,52,59)(H,56,57)(H,61,62)/t39-,44-/m1/s1. The van der Waals surface area contributed by atoms with Crippen molar-refractivity contribution in [2.75, 3.05) is 23.3 Å². The number of nitrogens with two attached hydrogens (primary N) is 1. The van der Waals surface area contributed by atoms with Crippen LogP contribution in [-0.2, 0) is 45.6 Å². The largest absolute Gasteiger partial charge is 0.481 e. The van der Waals surface area contributed by atoms with Crippen molar-refractivity contribution in [1.29, 1.82) is 0 Å². The Morgan fingerprint density at radius 2 is 1.49 bits per heavy atom. The number of carbonyl (C=O) groups excluding carboxylic acids is 4. The number of hydrogen-bond donors (Lipinski definition) is 6. The molecule has 0 unspecified atom stereocenters. The number of benzene rings is 4. The first-order chi connectivity index (χ1) is 31.4. The van der Waals surface area contributed by atoms with Crippen LogP contribution in [0.25, 0.3) is 0 Å². The minimum atomic E-state index is -1.38. The molecule has 2 fully saturated rings. The first-order valence-corrected chi connectivity index (χ1v) is 22.3. The number of amides is 4. The zero-order valence-corrected chi connectivity index (χ0v) is 36.1. The summed E-state index contributed by atoms with van der Waals surface area (Å²) in [4.78, 5) is 90.1. The van der Waals surface area contributed by atoms with Crippen molar-refractivity contribution < 1.29 is 43.8 Å². The van der Waals surface area contributed by atoms with E-state index in [1.54, 1.807) is 29.6 Å². The molecule has 0 radical (unpaired) electrons. The smallest absolute Gasteiger partial charge is 0.352 e. The fourth-order valence-electron chi connectivity index (χ4n) is 8.01. The maximum atomic E-state index is 14.4. The molecule has 3 aliphatic rings. The van der Waals surface area contributed by atoms with Crippen molar-refractivity contribution in [3.05, 3.63) is 171 Å². The highest BCUT2D eigenvalue weighted by Gasteiger charge is 2.55. The molecule has 0 spiro atoms. The molecule has 4 heterocycles. The minimum absolute atomic E-state index is 0.0900.